The van der Waals surface area contributed by atoms with Crippen molar-refractivity contribution >= 4 is 22.0 Å². The lowest BCUT2D eigenvalue weighted by Crippen LogP contribution is -1.98. The van der Waals surface area contributed by atoms with E-state index in [4.69, 9.17) is 4.74 Å². The van der Waals surface area contributed by atoms with Crippen LogP contribution in [0.5, 0.6) is 5.75 Å². The molecule has 0 heterocycles. The molecule has 0 atom stereocenters. The van der Waals surface area contributed by atoms with E-state index in [9.17, 15) is 5.11 Å². The molecule has 0 amide bonds. The number of rotatable bonds is 5. The summed E-state index contributed by atoms with van der Waals surface area (Å²) in [6.45, 7) is 0.432. The molecule has 1 N–H and O–H groups in total. The van der Waals surface area contributed by atoms with Crippen LogP contribution in [-0.4, -0.2) is 11.7 Å². The van der Waals surface area contributed by atoms with Crippen LogP contribution in [0.2, 0.25) is 0 Å². The van der Waals surface area contributed by atoms with Crippen molar-refractivity contribution in [2.75, 3.05) is 6.61 Å². The van der Waals surface area contributed by atoms with E-state index in [1.165, 1.54) is 0 Å². The fourth-order valence-corrected chi connectivity index (χ4v) is 2.24. The molecule has 2 aromatic carbocycles. The molecular formula is C16H15BrO2. The average molecular weight is 319 g/mol. The highest BCUT2D eigenvalue weighted by atomic mass is 79.9. The SMILES string of the molecule is OCc1cccc(Br)c1OCC=Cc1ccccc1. The van der Waals surface area contributed by atoms with Crippen LogP contribution >= 0.6 is 15.9 Å². The highest BCUT2D eigenvalue weighted by Crippen LogP contribution is 2.29. The van der Waals surface area contributed by atoms with Crippen LogP contribution in [0.1, 0.15) is 11.1 Å². The number of ether oxygens (including phenoxy) is 1. The van der Waals surface area contributed by atoms with Crippen LogP contribution in [0, 0.1) is 0 Å². The molecule has 2 nitrogen and oxygen atoms in total. The number of benzene rings is 2. The zero-order valence-corrected chi connectivity index (χ0v) is 12.0. The van der Waals surface area contributed by atoms with Crippen LogP contribution in [0.15, 0.2) is 59.1 Å². The second-order valence-corrected chi connectivity index (χ2v) is 4.86. The van der Waals surface area contributed by atoms with E-state index in [0.29, 0.717) is 12.4 Å². The molecular weight excluding hydrogens is 304 g/mol. The molecule has 0 aliphatic carbocycles. The second kappa shape index (κ2) is 7.12. The Kier molecular flexibility index (Phi) is 5.19. The van der Waals surface area contributed by atoms with Crippen molar-refractivity contribution in [3.63, 3.8) is 0 Å². The van der Waals surface area contributed by atoms with Gasteiger partial charge in [-0.25, -0.2) is 0 Å². The van der Waals surface area contributed by atoms with E-state index in [0.717, 1.165) is 15.6 Å². The summed E-state index contributed by atoms with van der Waals surface area (Å²) < 4.78 is 6.54. The minimum Gasteiger partial charge on any atom is -0.488 e. The smallest absolute Gasteiger partial charge is 0.139 e. The Labute approximate surface area is 121 Å². The maximum Gasteiger partial charge on any atom is 0.139 e. The van der Waals surface area contributed by atoms with E-state index in [-0.39, 0.29) is 6.61 Å². The predicted octanol–water partition coefficient (Wildman–Crippen LogP) is 4.03. The largest absolute Gasteiger partial charge is 0.488 e. The molecule has 0 unspecified atom stereocenters. The monoisotopic (exact) mass is 318 g/mol. The Hall–Kier alpha value is -1.58. The standard InChI is InChI=1S/C16H15BrO2/c17-15-10-4-9-14(12-18)16(15)19-11-5-8-13-6-2-1-3-7-13/h1-10,18H,11-12H2. The van der Waals surface area contributed by atoms with E-state index in [1.54, 1.807) is 0 Å². The molecule has 2 aromatic rings. The summed E-state index contributed by atoms with van der Waals surface area (Å²) in [5, 5.41) is 9.26. The van der Waals surface area contributed by atoms with Crippen LogP contribution in [0.4, 0.5) is 0 Å². The molecule has 0 radical (unpaired) electrons. The predicted molar refractivity (Wildman–Crippen MR) is 81.0 cm³/mol. The first kappa shape index (κ1) is 13.8. The van der Waals surface area contributed by atoms with E-state index >= 15 is 0 Å². The molecule has 0 saturated heterocycles. The van der Waals surface area contributed by atoms with Crippen molar-refractivity contribution in [2.45, 2.75) is 6.61 Å². The Balaban J connectivity index is 1.98. The number of para-hydroxylation sites is 1. The minimum absolute atomic E-state index is 0.0306. The summed E-state index contributed by atoms with van der Waals surface area (Å²) in [4.78, 5) is 0. The van der Waals surface area contributed by atoms with Crippen LogP contribution < -0.4 is 4.74 Å². The van der Waals surface area contributed by atoms with Gasteiger partial charge in [-0.15, -0.1) is 0 Å². The molecule has 3 heteroatoms. The molecule has 2 rings (SSSR count). The molecule has 0 spiro atoms. The van der Waals surface area contributed by atoms with Gasteiger partial charge < -0.3 is 9.84 Å². The number of aliphatic hydroxyl groups is 1. The van der Waals surface area contributed by atoms with Gasteiger partial charge in [0.15, 0.2) is 0 Å². The molecule has 0 bridgehead atoms. The van der Waals surface area contributed by atoms with Crippen molar-refractivity contribution in [2.24, 2.45) is 0 Å². The first-order chi connectivity index (χ1) is 9.31. The van der Waals surface area contributed by atoms with Gasteiger partial charge in [0.2, 0.25) is 0 Å². The second-order valence-electron chi connectivity index (χ2n) is 4.01. The van der Waals surface area contributed by atoms with Gasteiger partial charge in [-0.3, -0.25) is 0 Å². The van der Waals surface area contributed by atoms with Gasteiger partial charge in [0.05, 0.1) is 11.1 Å². The van der Waals surface area contributed by atoms with Gasteiger partial charge in [0.25, 0.3) is 0 Å². The maximum atomic E-state index is 9.26. The van der Waals surface area contributed by atoms with Gasteiger partial charge in [-0.1, -0.05) is 48.5 Å². The molecule has 0 fully saturated rings. The van der Waals surface area contributed by atoms with E-state index in [2.05, 4.69) is 15.9 Å². The maximum absolute atomic E-state index is 9.26. The van der Waals surface area contributed by atoms with Crippen molar-refractivity contribution in [3.8, 4) is 5.75 Å². The number of aliphatic hydroxyl groups excluding tert-OH is 1. The molecule has 0 aliphatic heterocycles. The Morgan fingerprint density at radius 3 is 2.58 bits per heavy atom. The van der Waals surface area contributed by atoms with E-state index < -0.39 is 0 Å². The highest BCUT2D eigenvalue weighted by molar-refractivity contribution is 9.10. The third kappa shape index (κ3) is 3.94. The van der Waals surface area contributed by atoms with Gasteiger partial charge in [-0.05, 0) is 33.6 Å². The van der Waals surface area contributed by atoms with Gasteiger partial charge in [-0.2, -0.15) is 0 Å². The first-order valence-electron chi connectivity index (χ1n) is 6.04. The quantitative estimate of drug-likeness (QED) is 0.901. The fraction of sp³-hybridized carbons (Fsp3) is 0.125. The van der Waals surface area contributed by atoms with Crippen molar-refractivity contribution in [1.29, 1.82) is 0 Å². The number of hydrogen-bond donors (Lipinski definition) is 1. The first-order valence-corrected chi connectivity index (χ1v) is 6.83. The molecule has 0 aromatic heterocycles. The fourth-order valence-electron chi connectivity index (χ4n) is 1.72. The lowest BCUT2D eigenvalue weighted by atomic mass is 10.2. The van der Waals surface area contributed by atoms with Gasteiger partial charge >= 0.3 is 0 Å². The topological polar surface area (TPSA) is 29.5 Å². The summed E-state index contributed by atoms with van der Waals surface area (Å²) in [7, 11) is 0. The normalized spacial score (nSPS) is 10.8. The van der Waals surface area contributed by atoms with Crippen LogP contribution in [-0.2, 0) is 6.61 Å². The summed E-state index contributed by atoms with van der Waals surface area (Å²) in [5.41, 5.74) is 1.92. The van der Waals surface area contributed by atoms with Crippen LogP contribution in [0.3, 0.4) is 0 Å². The Morgan fingerprint density at radius 2 is 1.84 bits per heavy atom. The lowest BCUT2D eigenvalue weighted by Gasteiger charge is -2.10. The average Bonchev–Trinajstić information content (AvgIpc) is 2.46. The van der Waals surface area contributed by atoms with Gasteiger partial charge in [0, 0.05) is 5.56 Å². The zero-order valence-electron chi connectivity index (χ0n) is 10.4. The van der Waals surface area contributed by atoms with Crippen molar-refractivity contribution in [3.05, 3.63) is 70.2 Å². The van der Waals surface area contributed by atoms with Gasteiger partial charge in [0.1, 0.15) is 12.4 Å². The highest BCUT2D eigenvalue weighted by Gasteiger charge is 2.05. The Morgan fingerprint density at radius 1 is 1.05 bits per heavy atom. The Bertz CT molecular complexity index is 550. The lowest BCUT2D eigenvalue weighted by molar-refractivity contribution is 0.269. The third-order valence-corrected chi connectivity index (χ3v) is 3.28. The van der Waals surface area contributed by atoms with Crippen molar-refractivity contribution < 1.29 is 9.84 Å². The minimum atomic E-state index is -0.0306. The summed E-state index contributed by atoms with van der Waals surface area (Å²) >= 11 is 3.42. The molecule has 0 saturated carbocycles. The molecule has 0 aliphatic rings. The third-order valence-electron chi connectivity index (χ3n) is 2.65. The number of halogens is 1. The van der Waals surface area contributed by atoms with Crippen molar-refractivity contribution in [1.82, 2.24) is 0 Å². The molecule has 98 valence electrons. The summed E-state index contributed by atoms with van der Waals surface area (Å²) in [6, 6.07) is 15.7. The van der Waals surface area contributed by atoms with Crippen LogP contribution in [0.25, 0.3) is 6.08 Å². The molecule has 19 heavy (non-hydrogen) atoms. The summed E-state index contributed by atoms with van der Waals surface area (Å²) in [5.74, 6) is 0.697. The zero-order chi connectivity index (χ0) is 13.5. The van der Waals surface area contributed by atoms with E-state index in [1.807, 2.05) is 60.7 Å². The number of hydrogen-bond acceptors (Lipinski definition) is 2. The summed E-state index contributed by atoms with van der Waals surface area (Å²) in [6.07, 6.45) is 3.96.